The van der Waals surface area contributed by atoms with E-state index in [-0.39, 0.29) is 16.4 Å². The molecule has 0 radical (unpaired) electrons. The third kappa shape index (κ3) is 4.39. The molecule has 0 saturated carbocycles. The Hall–Kier alpha value is -3.77. The molecule has 12 heteroatoms. The van der Waals surface area contributed by atoms with E-state index in [9.17, 15) is 14.9 Å². The van der Waals surface area contributed by atoms with Gasteiger partial charge in [-0.05, 0) is 30.4 Å². The first-order valence-corrected chi connectivity index (χ1v) is 10.4. The third-order valence-corrected chi connectivity index (χ3v) is 5.44. The molecular formula is C19H15N7O3S2. The molecule has 0 saturated heterocycles. The number of nitrogens with one attached hydrogen (secondary N) is 2. The number of hydrogen-bond donors (Lipinski definition) is 2. The van der Waals surface area contributed by atoms with E-state index in [1.807, 2.05) is 25.1 Å². The van der Waals surface area contributed by atoms with Gasteiger partial charge >= 0.3 is 0 Å². The van der Waals surface area contributed by atoms with Crippen molar-refractivity contribution in [2.75, 3.05) is 5.32 Å². The fourth-order valence-corrected chi connectivity index (χ4v) is 3.89. The van der Waals surface area contributed by atoms with Gasteiger partial charge in [0.15, 0.2) is 10.9 Å². The Bertz CT molecular complexity index is 1310. The van der Waals surface area contributed by atoms with E-state index in [2.05, 4.69) is 25.9 Å². The van der Waals surface area contributed by atoms with Gasteiger partial charge in [-0.15, -0.1) is 10.2 Å². The van der Waals surface area contributed by atoms with Crippen LogP contribution in [0, 0.1) is 10.1 Å². The molecule has 0 bridgehead atoms. The molecule has 31 heavy (non-hydrogen) atoms. The summed E-state index contributed by atoms with van der Waals surface area (Å²) in [6, 6.07) is 12.8. The number of rotatable bonds is 5. The van der Waals surface area contributed by atoms with Gasteiger partial charge in [0.1, 0.15) is 5.01 Å². The van der Waals surface area contributed by atoms with Gasteiger partial charge in [-0.2, -0.15) is 9.61 Å². The van der Waals surface area contributed by atoms with Gasteiger partial charge in [-0.3, -0.25) is 20.2 Å². The van der Waals surface area contributed by atoms with Crippen LogP contribution in [0.15, 0.2) is 48.5 Å². The summed E-state index contributed by atoms with van der Waals surface area (Å²) in [6.07, 6.45) is 0.727. The molecule has 2 heterocycles. The molecule has 0 fully saturated rings. The fourth-order valence-electron chi connectivity index (χ4n) is 2.82. The van der Waals surface area contributed by atoms with E-state index in [1.165, 1.54) is 35.6 Å². The number of hydrogen-bond acceptors (Lipinski definition) is 8. The standard InChI is InChI=1S/C19H15N7O3S2/c1-2-15-22-23-19-25(15)24-17(31-19)12-6-3-7-13(9-12)20-18(30)21-16(27)11-5-4-8-14(10-11)26(28)29/h3-10H,2H2,1H3,(H2,20,21,27,30). The number of benzene rings is 2. The summed E-state index contributed by atoms with van der Waals surface area (Å²) in [5, 5.41) is 30.0. The molecule has 2 aromatic heterocycles. The van der Waals surface area contributed by atoms with Crippen molar-refractivity contribution in [3.8, 4) is 10.6 Å². The molecule has 10 nitrogen and oxygen atoms in total. The number of aromatic nitrogens is 4. The van der Waals surface area contributed by atoms with Gasteiger partial charge in [0.2, 0.25) is 4.96 Å². The quantitative estimate of drug-likeness (QED) is 0.267. The highest BCUT2D eigenvalue weighted by Gasteiger charge is 2.14. The summed E-state index contributed by atoms with van der Waals surface area (Å²) in [5.74, 6) is 0.245. The molecule has 4 aromatic rings. The van der Waals surface area contributed by atoms with Crippen molar-refractivity contribution in [3.05, 3.63) is 70.0 Å². The van der Waals surface area contributed by atoms with Crippen molar-refractivity contribution < 1.29 is 9.72 Å². The number of nitro groups is 1. The summed E-state index contributed by atoms with van der Waals surface area (Å²) in [4.78, 5) is 23.4. The summed E-state index contributed by atoms with van der Waals surface area (Å²) >= 11 is 6.63. The van der Waals surface area contributed by atoms with Crippen LogP contribution in [0.3, 0.4) is 0 Å². The van der Waals surface area contributed by atoms with Crippen molar-refractivity contribution in [2.24, 2.45) is 0 Å². The van der Waals surface area contributed by atoms with E-state index in [0.29, 0.717) is 10.6 Å². The lowest BCUT2D eigenvalue weighted by atomic mass is 10.2. The summed E-state index contributed by atoms with van der Waals surface area (Å²) in [5.41, 5.74) is 1.48. The number of fused-ring (bicyclic) bond motifs is 1. The van der Waals surface area contributed by atoms with Gasteiger partial charge < -0.3 is 5.32 Å². The third-order valence-electron chi connectivity index (χ3n) is 4.29. The molecule has 2 aromatic carbocycles. The zero-order valence-corrected chi connectivity index (χ0v) is 17.7. The molecule has 0 aliphatic carbocycles. The van der Waals surface area contributed by atoms with Crippen LogP contribution >= 0.6 is 23.6 Å². The maximum Gasteiger partial charge on any atom is 0.270 e. The lowest BCUT2D eigenvalue weighted by Crippen LogP contribution is -2.34. The van der Waals surface area contributed by atoms with E-state index in [0.717, 1.165) is 22.8 Å². The van der Waals surface area contributed by atoms with Gasteiger partial charge in [-0.1, -0.05) is 36.5 Å². The van der Waals surface area contributed by atoms with E-state index >= 15 is 0 Å². The first-order valence-electron chi connectivity index (χ1n) is 9.13. The predicted octanol–water partition coefficient (Wildman–Crippen LogP) is 3.45. The average molecular weight is 454 g/mol. The molecule has 0 aliphatic rings. The van der Waals surface area contributed by atoms with Crippen molar-refractivity contribution in [1.29, 1.82) is 0 Å². The van der Waals surface area contributed by atoms with Crippen molar-refractivity contribution in [2.45, 2.75) is 13.3 Å². The minimum absolute atomic E-state index is 0.0695. The highest BCUT2D eigenvalue weighted by atomic mass is 32.1. The Labute approximate surface area is 185 Å². The first kappa shape index (κ1) is 20.5. The second-order valence-electron chi connectivity index (χ2n) is 6.37. The number of carbonyl (C=O) groups is 1. The number of aryl methyl sites for hydroxylation is 1. The molecule has 0 spiro atoms. The number of amides is 1. The Morgan fingerprint density at radius 3 is 2.81 bits per heavy atom. The molecule has 0 atom stereocenters. The van der Waals surface area contributed by atoms with Crippen LogP contribution in [0.1, 0.15) is 23.1 Å². The van der Waals surface area contributed by atoms with Crippen molar-refractivity contribution in [1.82, 2.24) is 25.1 Å². The number of thiocarbonyl (C=S) groups is 1. The molecule has 4 rings (SSSR count). The van der Waals surface area contributed by atoms with E-state index in [1.54, 1.807) is 10.6 Å². The summed E-state index contributed by atoms with van der Waals surface area (Å²) in [6.45, 7) is 1.99. The average Bonchev–Trinajstić information content (AvgIpc) is 3.34. The smallest absolute Gasteiger partial charge is 0.270 e. The predicted molar refractivity (Wildman–Crippen MR) is 120 cm³/mol. The highest BCUT2D eigenvalue weighted by molar-refractivity contribution is 7.80. The summed E-state index contributed by atoms with van der Waals surface area (Å²) < 4.78 is 1.73. The lowest BCUT2D eigenvalue weighted by Gasteiger charge is -2.10. The van der Waals surface area contributed by atoms with Gasteiger partial charge in [-0.25, -0.2) is 0 Å². The number of non-ortho nitro benzene ring substituents is 1. The number of nitrogens with zero attached hydrogens (tertiary/aromatic N) is 5. The SMILES string of the molecule is CCc1nnc2sc(-c3cccc(NC(=S)NC(=O)c4cccc([N+](=O)[O-])c4)c3)nn12. The molecular weight excluding hydrogens is 438 g/mol. The van der Waals surface area contributed by atoms with Crippen LogP contribution in [0.2, 0.25) is 0 Å². The van der Waals surface area contributed by atoms with Crippen LogP contribution < -0.4 is 10.6 Å². The monoisotopic (exact) mass is 453 g/mol. The molecule has 0 unspecified atom stereocenters. The Morgan fingerprint density at radius 1 is 1.23 bits per heavy atom. The minimum Gasteiger partial charge on any atom is -0.332 e. The Kier molecular flexibility index (Phi) is 5.64. The topological polar surface area (TPSA) is 127 Å². The maximum absolute atomic E-state index is 12.4. The van der Waals surface area contributed by atoms with Crippen LogP contribution in [0.5, 0.6) is 0 Å². The molecule has 156 valence electrons. The number of carbonyl (C=O) groups excluding carboxylic acids is 1. The zero-order chi connectivity index (χ0) is 22.0. The highest BCUT2D eigenvalue weighted by Crippen LogP contribution is 2.27. The lowest BCUT2D eigenvalue weighted by molar-refractivity contribution is -0.384. The van der Waals surface area contributed by atoms with Gasteiger partial charge in [0.25, 0.3) is 11.6 Å². The Morgan fingerprint density at radius 2 is 2.03 bits per heavy atom. The molecule has 0 aliphatic heterocycles. The second-order valence-corrected chi connectivity index (χ2v) is 7.73. The number of nitro benzene ring substituents is 1. The summed E-state index contributed by atoms with van der Waals surface area (Å²) in [7, 11) is 0. The normalized spacial score (nSPS) is 10.7. The van der Waals surface area contributed by atoms with Crippen molar-refractivity contribution >= 4 is 50.9 Å². The van der Waals surface area contributed by atoms with Crippen LogP contribution in [-0.4, -0.2) is 35.8 Å². The van der Waals surface area contributed by atoms with Crippen molar-refractivity contribution in [3.63, 3.8) is 0 Å². The first-order chi connectivity index (χ1) is 14.9. The zero-order valence-electron chi connectivity index (χ0n) is 16.1. The largest absolute Gasteiger partial charge is 0.332 e. The van der Waals surface area contributed by atoms with E-state index < -0.39 is 10.8 Å². The number of anilines is 1. The molecule has 2 N–H and O–H groups in total. The Balaban J connectivity index is 1.47. The van der Waals surface area contributed by atoms with Gasteiger partial charge in [0.05, 0.1) is 4.92 Å². The minimum atomic E-state index is -0.561. The second kappa shape index (κ2) is 8.53. The fraction of sp³-hybridized carbons (Fsp3) is 0.105. The van der Waals surface area contributed by atoms with E-state index in [4.69, 9.17) is 12.2 Å². The molecule has 1 amide bonds. The maximum atomic E-state index is 12.4. The van der Waals surface area contributed by atoms with Crippen LogP contribution in [-0.2, 0) is 6.42 Å². The van der Waals surface area contributed by atoms with Crippen LogP contribution in [0.4, 0.5) is 11.4 Å². The van der Waals surface area contributed by atoms with Gasteiger partial charge in [0, 0.05) is 35.4 Å². The van der Waals surface area contributed by atoms with Crippen LogP contribution in [0.25, 0.3) is 15.5 Å².